The van der Waals surface area contributed by atoms with E-state index in [0.29, 0.717) is 12.2 Å². The van der Waals surface area contributed by atoms with Crippen LogP contribution in [0, 0.1) is 20.8 Å². The molecule has 2 N–H and O–H groups in total. The third-order valence-electron chi connectivity index (χ3n) is 7.40. The lowest BCUT2D eigenvalue weighted by molar-refractivity contribution is -0.136. The number of amides is 2. The topological polar surface area (TPSA) is 67.9 Å². The quantitative estimate of drug-likeness (QED) is 0.648. The van der Waals surface area contributed by atoms with Gasteiger partial charge in [0.25, 0.3) is 0 Å². The van der Waals surface area contributed by atoms with E-state index in [2.05, 4.69) is 57.6 Å². The van der Waals surface area contributed by atoms with E-state index in [0.717, 1.165) is 62.3 Å². The molecule has 2 aliphatic heterocycles. The molecule has 7 heteroatoms. The molecule has 0 radical (unpaired) electrons. The normalized spacial score (nSPS) is 17.6. The molecule has 7 nitrogen and oxygen atoms in total. The molecule has 0 bridgehead atoms. The van der Waals surface area contributed by atoms with E-state index in [1.54, 1.807) is 0 Å². The van der Waals surface area contributed by atoms with Crippen molar-refractivity contribution in [2.45, 2.75) is 39.7 Å². The molecule has 2 aliphatic rings. The minimum absolute atomic E-state index is 0.0285. The molecule has 0 aliphatic carbocycles. The Morgan fingerprint density at radius 2 is 1.60 bits per heavy atom. The van der Waals surface area contributed by atoms with Gasteiger partial charge in [-0.05, 0) is 69.0 Å². The van der Waals surface area contributed by atoms with Gasteiger partial charge in [0.2, 0.25) is 0 Å². The van der Waals surface area contributed by atoms with Crippen molar-refractivity contribution in [2.24, 2.45) is 0 Å². The first-order chi connectivity index (χ1) is 16.7. The molecule has 2 aromatic carbocycles. The summed E-state index contributed by atoms with van der Waals surface area (Å²) < 4.78 is 0. The Bertz CT molecular complexity index is 1070. The van der Waals surface area contributed by atoms with Crippen LogP contribution < -0.4 is 15.5 Å². The summed E-state index contributed by atoms with van der Waals surface area (Å²) in [5, 5.41) is 5.76. The van der Waals surface area contributed by atoms with Crippen molar-refractivity contribution >= 4 is 23.2 Å². The number of anilines is 2. The maximum absolute atomic E-state index is 12.8. The van der Waals surface area contributed by atoms with E-state index in [-0.39, 0.29) is 6.04 Å². The van der Waals surface area contributed by atoms with Gasteiger partial charge in [-0.2, -0.15) is 0 Å². The van der Waals surface area contributed by atoms with Gasteiger partial charge in [0.1, 0.15) is 0 Å². The molecule has 2 amide bonds. The third-order valence-corrected chi connectivity index (χ3v) is 7.40. The molecule has 35 heavy (non-hydrogen) atoms. The Hall–Kier alpha value is -2.90. The minimum Gasteiger partial charge on any atom is -0.374 e. The van der Waals surface area contributed by atoms with E-state index in [1.165, 1.54) is 16.8 Å². The largest absolute Gasteiger partial charge is 0.374 e. The Morgan fingerprint density at radius 1 is 0.914 bits per heavy atom. The van der Waals surface area contributed by atoms with E-state index in [1.807, 2.05) is 32.9 Å². The van der Waals surface area contributed by atoms with Crippen LogP contribution >= 0.6 is 0 Å². The van der Waals surface area contributed by atoms with Crippen LogP contribution in [0.25, 0.3) is 0 Å². The van der Waals surface area contributed by atoms with Crippen LogP contribution in [0.2, 0.25) is 0 Å². The molecule has 0 spiro atoms. The van der Waals surface area contributed by atoms with Crippen molar-refractivity contribution < 1.29 is 9.59 Å². The number of piperazine rings is 1. The monoisotopic (exact) mass is 477 g/mol. The summed E-state index contributed by atoms with van der Waals surface area (Å²) in [6.07, 6.45) is 2.23. The van der Waals surface area contributed by atoms with Gasteiger partial charge >= 0.3 is 11.8 Å². The van der Waals surface area contributed by atoms with Crippen molar-refractivity contribution in [2.75, 3.05) is 63.6 Å². The highest BCUT2D eigenvalue weighted by Crippen LogP contribution is 2.31. The fourth-order valence-corrected chi connectivity index (χ4v) is 5.42. The van der Waals surface area contributed by atoms with Crippen LogP contribution in [0.5, 0.6) is 0 Å². The zero-order chi connectivity index (χ0) is 25.1. The van der Waals surface area contributed by atoms with Crippen molar-refractivity contribution in [1.29, 1.82) is 0 Å². The molecule has 1 saturated heterocycles. The number of carbonyl (C=O) groups excluding carboxylic acids is 2. The van der Waals surface area contributed by atoms with Gasteiger partial charge < -0.3 is 20.4 Å². The highest BCUT2D eigenvalue weighted by molar-refractivity contribution is 6.39. The number of hydrogen-bond donors (Lipinski definition) is 2. The predicted molar refractivity (Wildman–Crippen MR) is 142 cm³/mol. The van der Waals surface area contributed by atoms with Crippen molar-refractivity contribution in [3.63, 3.8) is 0 Å². The predicted octanol–water partition coefficient (Wildman–Crippen LogP) is 3.04. The molecular formula is C28H39N5O2. The molecule has 1 atom stereocenters. The van der Waals surface area contributed by atoms with Gasteiger partial charge in [-0.3, -0.25) is 14.5 Å². The highest BCUT2D eigenvalue weighted by atomic mass is 16.2. The molecule has 2 aromatic rings. The standard InChI is InChI=1S/C28H39N5O2/c1-19-15-20(2)26(21(3)16-19)30-28(35)27(34)29-18-25(33-13-11-31(4)12-14-33)23-8-9-24-22(17-23)7-6-10-32(24)5/h8-9,15-17,25H,6-7,10-14,18H2,1-5H3,(H,29,34)(H,30,35)/t25-/m0/s1. The molecule has 4 rings (SSSR count). The molecule has 1 fully saturated rings. The third kappa shape index (κ3) is 5.85. The average molecular weight is 478 g/mol. The molecule has 188 valence electrons. The summed E-state index contributed by atoms with van der Waals surface area (Å²) in [5.41, 5.74) is 7.62. The van der Waals surface area contributed by atoms with Gasteiger partial charge in [-0.15, -0.1) is 0 Å². The zero-order valence-electron chi connectivity index (χ0n) is 21.8. The van der Waals surface area contributed by atoms with E-state index in [4.69, 9.17) is 0 Å². The Morgan fingerprint density at radius 3 is 2.29 bits per heavy atom. The SMILES string of the molecule is Cc1cc(C)c(NC(=O)C(=O)NC[C@@H](c2ccc3c(c2)CCCN3C)N2CCN(C)CC2)c(C)c1. The number of nitrogens with zero attached hydrogens (tertiary/aromatic N) is 3. The number of hydrogen-bond acceptors (Lipinski definition) is 5. The van der Waals surface area contributed by atoms with Crippen LogP contribution in [0.1, 0.15) is 40.3 Å². The summed E-state index contributed by atoms with van der Waals surface area (Å²) in [6, 6.07) is 10.8. The lowest BCUT2D eigenvalue weighted by Gasteiger charge is -2.39. The average Bonchev–Trinajstić information content (AvgIpc) is 2.82. The summed E-state index contributed by atoms with van der Waals surface area (Å²) in [7, 11) is 4.29. The van der Waals surface area contributed by atoms with Gasteiger partial charge in [0, 0.05) is 57.7 Å². The van der Waals surface area contributed by atoms with Crippen molar-refractivity contribution in [1.82, 2.24) is 15.1 Å². The maximum atomic E-state index is 12.8. The van der Waals surface area contributed by atoms with Crippen LogP contribution in [0.15, 0.2) is 30.3 Å². The first-order valence-corrected chi connectivity index (χ1v) is 12.7. The summed E-state index contributed by atoms with van der Waals surface area (Å²) in [6.45, 7) is 11.2. The van der Waals surface area contributed by atoms with Gasteiger partial charge in [0.15, 0.2) is 0 Å². The van der Waals surface area contributed by atoms with E-state index in [9.17, 15) is 9.59 Å². The number of nitrogens with one attached hydrogen (secondary N) is 2. The number of fused-ring (bicyclic) bond motifs is 1. The fourth-order valence-electron chi connectivity index (χ4n) is 5.42. The molecule has 0 unspecified atom stereocenters. The second-order valence-corrected chi connectivity index (χ2v) is 10.2. The van der Waals surface area contributed by atoms with Crippen LogP contribution in [0.4, 0.5) is 11.4 Å². The highest BCUT2D eigenvalue weighted by Gasteiger charge is 2.27. The number of rotatable bonds is 5. The van der Waals surface area contributed by atoms with Gasteiger partial charge in [-0.1, -0.05) is 29.8 Å². The summed E-state index contributed by atoms with van der Waals surface area (Å²) in [5.74, 6) is -1.22. The lowest BCUT2D eigenvalue weighted by Crippen LogP contribution is -2.49. The van der Waals surface area contributed by atoms with Crippen molar-refractivity contribution in [3.8, 4) is 0 Å². The molecule has 2 heterocycles. The van der Waals surface area contributed by atoms with Crippen LogP contribution in [0.3, 0.4) is 0 Å². The molecular weight excluding hydrogens is 438 g/mol. The first kappa shape index (κ1) is 25.2. The Kier molecular flexibility index (Phi) is 7.77. The summed E-state index contributed by atoms with van der Waals surface area (Å²) in [4.78, 5) is 32.6. The zero-order valence-corrected chi connectivity index (χ0v) is 21.8. The van der Waals surface area contributed by atoms with Gasteiger partial charge in [0.05, 0.1) is 6.04 Å². The lowest BCUT2D eigenvalue weighted by atomic mass is 9.95. The first-order valence-electron chi connectivity index (χ1n) is 12.7. The number of likely N-dealkylation sites (N-methyl/N-ethyl adjacent to an activating group) is 1. The smallest absolute Gasteiger partial charge is 0.313 e. The molecule has 0 aromatic heterocycles. The number of benzene rings is 2. The second-order valence-electron chi connectivity index (χ2n) is 10.2. The number of aryl methyl sites for hydroxylation is 4. The van der Waals surface area contributed by atoms with E-state index >= 15 is 0 Å². The number of carbonyl (C=O) groups is 2. The van der Waals surface area contributed by atoms with Crippen LogP contribution in [-0.2, 0) is 16.0 Å². The second kappa shape index (κ2) is 10.8. The summed E-state index contributed by atoms with van der Waals surface area (Å²) >= 11 is 0. The van der Waals surface area contributed by atoms with Crippen LogP contribution in [-0.4, -0.2) is 75.0 Å². The van der Waals surface area contributed by atoms with Crippen molar-refractivity contribution in [3.05, 3.63) is 58.1 Å². The molecule has 0 saturated carbocycles. The minimum atomic E-state index is -0.621. The maximum Gasteiger partial charge on any atom is 0.313 e. The van der Waals surface area contributed by atoms with E-state index < -0.39 is 11.8 Å². The Labute approximate surface area is 209 Å². The fraction of sp³-hybridized carbons (Fsp3) is 0.500. The Balaban J connectivity index is 1.49. The van der Waals surface area contributed by atoms with Gasteiger partial charge in [-0.25, -0.2) is 0 Å².